The summed E-state index contributed by atoms with van der Waals surface area (Å²) in [6, 6.07) is -0.933. The van der Waals surface area contributed by atoms with Crippen LogP contribution in [0.5, 0.6) is 0 Å². The lowest BCUT2D eigenvalue weighted by atomic mass is 9.97. The van der Waals surface area contributed by atoms with Crippen molar-refractivity contribution in [2.24, 2.45) is 0 Å². The molecule has 0 saturated carbocycles. The van der Waals surface area contributed by atoms with Gasteiger partial charge in [0.05, 0.1) is 32.0 Å². The van der Waals surface area contributed by atoms with Crippen LogP contribution in [0.25, 0.3) is 0 Å². The zero-order valence-corrected chi connectivity index (χ0v) is 45.6. The second-order valence-electron chi connectivity index (χ2n) is 20.8. The highest BCUT2D eigenvalue weighted by Crippen LogP contribution is 2.30. The lowest BCUT2D eigenvalue weighted by Gasteiger charge is -2.46. The molecule has 14 nitrogen and oxygen atoms in total. The van der Waals surface area contributed by atoms with Crippen molar-refractivity contribution in [3.05, 3.63) is 48.6 Å². The Kier molecular flexibility index (Phi) is 41.4. The van der Waals surface area contributed by atoms with E-state index in [0.29, 0.717) is 12.8 Å². The Hall–Kier alpha value is -2.05. The number of hydrogen-bond donors (Lipinski definition) is 9. The van der Waals surface area contributed by atoms with Crippen LogP contribution in [-0.2, 0) is 23.7 Å². The van der Waals surface area contributed by atoms with E-state index in [2.05, 4.69) is 55.6 Å². The molecule has 12 atom stereocenters. The summed E-state index contributed by atoms with van der Waals surface area (Å²) in [5.74, 6) is -0.252. The molecule has 0 aliphatic carbocycles. The zero-order valence-electron chi connectivity index (χ0n) is 45.6. The fourth-order valence-electron chi connectivity index (χ4n) is 9.45. The van der Waals surface area contributed by atoms with Crippen molar-refractivity contribution in [3.8, 4) is 0 Å². The summed E-state index contributed by atoms with van der Waals surface area (Å²) in [6.45, 7) is 2.77. The number of nitrogens with one attached hydrogen (secondary N) is 1. The first-order chi connectivity index (χ1) is 35.6. The Morgan fingerprint density at radius 2 is 0.918 bits per heavy atom. The number of amides is 1. The number of rotatable bonds is 46. The van der Waals surface area contributed by atoms with Crippen LogP contribution >= 0.6 is 0 Å². The van der Waals surface area contributed by atoms with Crippen molar-refractivity contribution in [2.75, 3.05) is 19.8 Å². The third-order valence-electron chi connectivity index (χ3n) is 14.2. The average molecular weight is 1040 g/mol. The third kappa shape index (κ3) is 31.1. The van der Waals surface area contributed by atoms with Crippen LogP contribution in [0.4, 0.5) is 0 Å². The SMILES string of the molecule is CCCCCCC/C=C\C/C=C\CCCCCCCCCCCCCC(=O)NC(COC1OC(CO)C(OC2OC(CO)C(O)C(O)C2O)C(O)C1O)C(O)/C=C/CC/C=C/CCCCCCCCCCCC. The van der Waals surface area contributed by atoms with E-state index in [1.165, 1.54) is 154 Å². The van der Waals surface area contributed by atoms with Gasteiger partial charge in [0.15, 0.2) is 12.6 Å². The maximum atomic E-state index is 13.2. The highest BCUT2D eigenvalue weighted by atomic mass is 16.7. The van der Waals surface area contributed by atoms with E-state index < -0.39 is 86.8 Å². The number of carbonyl (C=O) groups excluding carboxylic acids is 1. The van der Waals surface area contributed by atoms with Crippen LogP contribution in [-0.4, -0.2) is 140 Å². The first-order valence-electron chi connectivity index (χ1n) is 29.4. The van der Waals surface area contributed by atoms with Gasteiger partial charge < -0.3 is 65.1 Å². The molecule has 2 saturated heterocycles. The average Bonchev–Trinajstić information content (AvgIpc) is 3.39. The Morgan fingerprint density at radius 1 is 0.493 bits per heavy atom. The summed E-state index contributed by atoms with van der Waals surface area (Å²) in [4.78, 5) is 13.2. The standard InChI is InChI=1S/C59H107NO13/c1-3-5-7-9-11-13-15-17-19-21-22-23-24-25-26-27-29-31-33-35-37-39-41-43-51(64)60-47(48(63)42-40-38-36-34-32-30-28-20-18-16-14-12-10-8-6-4-2)46-70-58-56(69)54(67)57(50(45-62)72-58)73-59-55(68)53(66)52(65)49(44-61)71-59/h15,17,21-22,32,34,40,42,47-50,52-59,61-63,65-69H,3-14,16,18-20,23-31,33,35-39,41,43-46H2,1-2H3,(H,60,64)/b17-15-,22-21-,34-32+,42-40+. The van der Waals surface area contributed by atoms with Gasteiger partial charge in [0.25, 0.3) is 0 Å². The van der Waals surface area contributed by atoms with Crippen LogP contribution in [0.2, 0.25) is 0 Å². The van der Waals surface area contributed by atoms with E-state index in [1.807, 2.05) is 6.08 Å². The Balaban J connectivity index is 1.78. The molecule has 0 aromatic rings. The quantitative estimate of drug-likeness (QED) is 0.0205. The van der Waals surface area contributed by atoms with E-state index in [4.69, 9.17) is 18.9 Å². The van der Waals surface area contributed by atoms with Gasteiger partial charge in [0.1, 0.15) is 48.8 Å². The number of aliphatic hydroxyl groups excluding tert-OH is 8. The number of allylic oxidation sites excluding steroid dienone is 7. The maximum Gasteiger partial charge on any atom is 0.220 e. The van der Waals surface area contributed by atoms with Crippen molar-refractivity contribution in [1.82, 2.24) is 5.32 Å². The van der Waals surface area contributed by atoms with Crippen molar-refractivity contribution in [3.63, 3.8) is 0 Å². The molecule has 14 heteroatoms. The normalized spacial score (nSPS) is 25.7. The van der Waals surface area contributed by atoms with Gasteiger partial charge in [0.2, 0.25) is 5.91 Å². The smallest absolute Gasteiger partial charge is 0.220 e. The minimum absolute atomic E-state index is 0.252. The molecule has 0 aromatic carbocycles. The summed E-state index contributed by atoms with van der Waals surface area (Å²) < 4.78 is 22.7. The van der Waals surface area contributed by atoms with E-state index in [-0.39, 0.29) is 18.9 Å². The number of ether oxygens (including phenoxy) is 4. The van der Waals surface area contributed by atoms with Crippen LogP contribution in [0.1, 0.15) is 226 Å². The Morgan fingerprint density at radius 3 is 1.42 bits per heavy atom. The Labute approximate surface area is 442 Å². The summed E-state index contributed by atoms with van der Waals surface area (Å²) in [5.41, 5.74) is 0. The first kappa shape index (κ1) is 67.1. The highest BCUT2D eigenvalue weighted by molar-refractivity contribution is 5.76. The van der Waals surface area contributed by atoms with Crippen molar-refractivity contribution < 1.29 is 64.6 Å². The second kappa shape index (κ2) is 45.0. The fourth-order valence-corrected chi connectivity index (χ4v) is 9.45. The molecule has 12 unspecified atom stereocenters. The summed E-state index contributed by atoms with van der Waals surface area (Å²) >= 11 is 0. The molecule has 73 heavy (non-hydrogen) atoms. The summed E-state index contributed by atoms with van der Waals surface area (Å²) in [7, 11) is 0. The fraction of sp³-hybridized carbons (Fsp3) is 0.847. The van der Waals surface area contributed by atoms with Crippen molar-refractivity contribution >= 4 is 5.91 Å². The lowest BCUT2D eigenvalue weighted by molar-refractivity contribution is -0.359. The van der Waals surface area contributed by atoms with Gasteiger partial charge in [-0.2, -0.15) is 0 Å². The molecule has 0 radical (unpaired) electrons. The van der Waals surface area contributed by atoms with E-state index in [0.717, 1.165) is 38.5 Å². The van der Waals surface area contributed by atoms with Crippen molar-refractivity contribution in [1.29, 1.82) is 0 Å². The molecule has 0 bridgehead atoms. The molecule has 2 heterocycles. The van der Waals surface area contributed by atoms with Crippen molar-refractivity contribution in [2.45, 2.75) is 299 Å². The zero-order chi connectivity index (χ0) is 53.2. The molecular weight excluding hydrogens is 931 g/mol. The summed E-state index contributed by atoms with van der Waals surface area (Å²) in [5, 5.41) is 87.0. The summed E-state index contributed by atoms with van der Waals surface area (Å²) in [6.07, 6.45) is 38.6. The third-order valence-corrected chi connectivity index (χ3v) is 14.2. The van der Waals surface area contributed by atoms with Gasteiger partial charge in [-0.1, -0.05) is 204 Å². The number of aliphatic hydroxyl groups is 8. The molecule has 0 aromatic heterocycles. The van der Waals surface area contributed by atoms with Gasteiger partial charge in [-0.3, -0.25) is 4.79 Å². The van der Waals surface area contributed by atoms with Crippen LogP contribution in [0.15, 0.2) is 48.6 Å². The molecule has 2 rings (SSSR count). The van der Waals surface area contributed by atoms with Gasteiger partial charge in [-0.15, -0.1) is 0 Å². The highest BCUT2D eigenvalue weighted by Gasteiger charge is 2.51. The van der Waals surface area contributed by atoms with Gasteiger partial charge in [-0.25, -0.2) is 0 Å². The molecule has 426 valence electrons. The predicted octanol–water partition coefficient (Wildman–Crippen LogP) is 9.61. The predicted molar refractivity (Wildman–Crippen MR) is 291 cm³/mol. The molecule has 2 aliphatic rings. The second-order valence-corrected chi connectivity index (χ2v) is 20.8. The van der Waals surface area contributed by atoms with E-state index in [9.17, 15) is 45.6 Å². The number of carbonyl (C=O) groups is 1. The minimum atomic E-state index is -1.79. The largest absolute Gasteiger partial charge is 0.394 e. The monoisotopic (exact) mass is 1040 g/mol. The van der Waals surface area contributed by atoms with Gasteiger partial charge in [0, 0.05) is 6.42 Å². The van der Waals surface area contributed by atoms with Crippen LogP contribution in [0.3, 0.4) is 0 Å². The van der Waals surface area contributed by atoms with Crippen LogP contribution < -0.4 is 5.32 Å². The van der Waals surface area contributed by atoms with Crippen LogP contribution in [0, 0.1) is 0 Å². The molecule has 1 amide bonds. The van der Waals surface area contributed by atoms with Gasteiger partial charge in [-0.05, 0) is 64.2 Å². The Bertz CT molecular complexity index is 1410. The molecular formula is C59H107NO13. The van der Waals surface area contributed by atoms with E-state index >= 15 is 0 Å². The number of hydrogen-bond acceptors (Lipinski definition) is 13. The topological polar surface area (TPSA) is 228 Å². The molecule has 2 aliphatic heterocycles. The maximum absolute atomic E-state index is 13.2. The molecule has 9 N–H and O–H groups in total. The van der Waals surface area contributed by atoms with E-state index in [1.54, 1.807) is 6.08 Å². The molecule has 0 spiro atoms. The first-order valence-corrected chi connectivity index (χ1v) is 29.4. The molecule has 2 fully saturated rings. The lowest BCUT2D eigenvalue weighted by Crippen LogP contribution is -2.65. The minimum Gasteiger partial charge on any atom is -0.394 e. The van der Waals surface area contributed by atoms with Gasteiger partial charge >= 0.3 is 0 Å². The number of unbranched alkanes of at least 4 members (excludes halogenated alkanes) is 27.